The first-order chi connectivity index (χ1) is 9.76. The number of rotatable bonds is 4. The van der Waals surface area contributed by atoms with Crippen LogP contribution < -0.4 is 5.73 Å². The monoisotopic (exact) mass is 288 g/mol. The van der Waals surface area contributed by atoms with Crippen LogP contribution >= 0.6 is 11.8 Å². The normalized spacial score (nSPS) is 11.1. The maximum atomic E-state index is 14.0. The molecule has 0 radical (unpaired) electrons. The van der Waals surface area contributed by atoms with E-state index in [1.54, 1.807) is 6.07 Å². The summed E-state index contributed by atoms with van der Waals surface area (Å²) in [6.07, 6.45) is 0.671. The third kappa shape index (κ3) is 2.69. The molecule has 0 unspecified atom stereocenters. The number of aromatic nitrogens is 1. The van der Waals surface area contributed by atoms with Crippen LogP contribution in [-0.4, -0.2) is 11.5 Å². The second-order valence-corrected chi connectivity index (χ2v) is 5.35. The number of hydrogen-bond donors (Lipinski definition) is 1. The SMILES string of the molecule is NCCc1ccc(Sc2nc3ccccc3o2)c(F)c1. The topological polar surface area (TPSA) is 52.0 Å². The molecule has 1 aromatic heterocycles. The molecule has 0 atom stereocenters. The Balaban J connectivity index is 1.86. The van der Waals surface area contributed by atoms with Crippen molar-refractivity contribution >= 4 is 22.9 Å². The largest absolute Gasteiger partial charge is 0.431 e. The van der Waals surface area contributed by atoms with Crippen molar-refractivity contribution in [3.05, 3.63) is 53.8 Å². The average Bonchev–Trinajstić information content (AvgIpc) is 2.84. The second-order valence-electron chi connectivity index (χ2n) is 4.35. The first-order valence-corrected chi connectivity index (χ1v) is 7.10. The molecule has 102 valence electrons. The molecule has 2 aromatic carbocycles. The van der Waals surface area contributed by atoms with Crippen LogP contribution in [0.4, 0.5) is 4.39 Å². The van der Waals surface area contributed by atoms with Crippen molar-refractivity contribution in [1.82, 2.24) is 4.98 Å². The summed E-state index contributed by atoms with van der Waals surface area (Å²) in [7, 11) is 0. The van der Waals surface area contributed by atoms with Crippen molar-refractivity contribution < 1.29 is 8.81 Å². The molecule has 0 bridgehead atoms. The minimum absolute atomic E-state index is 0.275. The van der Waals surface area contributed by atoms with E-state index in [9.17, 15) is 4.39 Å². The third-order valence-corrected chi connectivity index (χ3v) is 3.80. The smallest absolute Gasteiger partial charge is 0.261 e. The number of para-hydroxylation sites is 2. The molecule has 3 nitrogen and oxygen atoms in total. The lowest BCUT2D eigenvalue weighted by Crippen LogP contribution is -2.02. The van der Waals surface area contributed by atoms with E-state index in [1.807, 2.05) is 30.3 Å². The minimum Gasteiger partial charge on any atom is -0.431 e. The summed E-state index contributed by atoms with van der Waals surface area (Å²) in [5.74, 6) is -0.275. The summed E-state index contributed by atoms with van der Waals surface area (Å²) in [6.45, 7) is 0.511. The number of halogens is 1. The number of benzene rings is 2. The zero-order valence-corrected chi connectivity index (χ0v) is 11.5. The summed E-state index contributed by atoms with van der Waals surface area (Å²) in [5, 5.41) is 0.441. The highest BCUT2D eigenvalue weighted by molar-refractivity contribution is 7.99. The van der Waals surface area contributed by atoms with E-state index in [4.69, 9.17) is 10.2 Å². The fraction of sp³-hybridized carbons (Fsp3) is 0.133. The summed E-state index contributed by atoms with van der Waals surface area (Å²) in [4.78, 5) is 4.82. The van der Waals surface area contributed by atoms with Gasteiger partial charge in [-0.1, -0.05) is 18.2 Å². The molecule has 1 heterocycles. The Morgan fingerprint density at radius 2 is 2.05 bits per heavy atom. The molecule has 3 rings (SSSR count). The molecule has 3 aromatic rings. The first kappa shape index (κ1) is 13.1. The van der Waals surface area contributed by atoms with Crippen LogP contribution in [0.1, 0.15) is 5.56 Å². The molecule has 5 heteroatoms. The van der Waals surface area contributed by atoms with Crippen LogP contribution in [0.15, 0.2) is 57.0 Å². The maximum absolute atomic E-state index is 14.0. The quantitative estimate of drug-likeness (QED) is 0.796. The van der Waals surface area contributed by atoms with Crippen molar-refractivity contribution in [2.75, 3.05) is 6.54 Å². The number of oxazole rings is 1. The Morgan fingerprint density at radius 3 is 2.80 bits per heavy atom. The predicted octanol–water partition coefficient (Wildman–Crippen LogP) is 3.62. The summed E-state index contributed by atoms with van der Waals surface area (Å²) in [6, 6.07) is 12.6. The Bertz CT molecular complexity index is 709. The van der Waals surface area contributed by atoms with Gasteiger partial charge in [0.1, 0.15) is 11.3 Å². The van der Waals surface area contributed by atoms with Gasteiger partial charge < -0.3 is 10.2 Å². The van der Waals surface area contributed by atoms with Crippen molar-refractivity contribution in [1.29, 1.82) is 0 Å². The molecule has 0 aliphatic carbocycles. The first-order valence-electron chi connectivity index (χ1n) is 6.28. The van der Waals surface area contributed by atoms with Crippen LogP contribution in [-0.2, 0) is 6.42 Å². The Hall–Kier alpha value is -1.85. The van der Waals surface area contributed by atoms with E-state index in [0.717, 1.165) is 11.1 Å². The van der Waals surface area contributed by atoms with Crippen LogP contribution in [0.2, 0.25) is 0 Å². The Morgan fingerprint density at radius 1 is 1.20 bits per heavy atom. The van der Waals surface area contributed by atoms with Crippen molar-refractivity contribution in [3.8, 4) is 0 Å². The van der Waals surface area contributed by atoms with E-state index >= 15 is 0 Å². The molecular formula is C15H13FN2OS. The van der Waals surface area contributed by atoms with E-state index < -0.39 is 0 Å². The van der Waals surface area contributed by atoms with Gasteiger partial charge in [0.05, 0.1) is 4.90 Å². The van der Waals surface area contributed by atoms with Gasteiger partial charge in [0, 0.05) is 0 Å². The molecule has 0 aliphatic heterocycles. The second kappa shape index (κ2) is 5.64. The van der Waals surface area contributed by atoms with Crippen LogP contribution in [0.5, 0.6) is 0 Å². The zero-order chi connectivity index (χ0) is 13.9. The molecular weight excluding hydrogens is 275 g/mol. The van der Waals surface area contributed by atoms with Gasteiger partial charge in [0.15, 0.2) is 5.58 Å². The lowest BCUT2D eigenvalue weighted by atomic mass is 10.1. The Kier molecular flexibility index (Phi) is 3.71. The zero-order valence-electron chi connectivity index (χ0n) is 10.7. The molecule has 2 N–H and O–H groups in total. The maximum Gasteiger partial charge on any atom is 0.261 e. The van der Waals surface area contributed by atoms with E-state index in [2.05, 4.69) is 4.98 Å². The number of fused-ring (bicyclic) bond motifs is 1. The summed E-state index contributed by atoms with van der Waals surface area (Å²) >= 11 is 1.18. The van der Waals surface area contributed by atoms with Crippen LogP contribution in [0.25, 0.3) is 11.1 Å². The Labute approximate surface area is 120 Å². The van der Waals surface area contributed by atoms with E-state index in [-0.39, 0.29) is 5.82 Å². The van der Waals surface area contributed by atoms with Crippen molar-refractivity contribution in [3.63, 3.8) is 0 Å². The van der Waals surface area contributed by atoms with E-state index in [1.165, 1.54) is 17.8 Å². The fourth-order valence-electron chi connectivity index (χ4n) is 1.94. The number of hydrogen-bond acceptors (Lipinski definition) is 4. The molecule has 0 spiro atoms. The number of nitrogens with two attached hydrogens (primary N) is 1. The van der Waals surface area contributed by atoms with Gasteiger partial charge in [0.25, 0.3) is 5.22 Å². The lowest BCUT2D eigenvalue weighted by Gasteiger charge is -2.03. The molecule has 0 amide bonds. The predicted molar refractivity (Wildman–Crippen MR) is 77.3 cm³/mol. The van der Waals surface area contributed by atoms with Gasteiger partial charge >= 0.3 is 0 Å². The number of nitrogens with zero attached hydrogens (tertiary/aromatic N) is 1. The van der Waals surface area contributed by atoms with Crippen molar-refractivity contribution in [2.24, 2.45) is 5.73 Å². The molecule has 0 aliphatic rings. The highest BCUT2D eigenvalue weighted by atomic mass is 32.2. The summed E-state index contributed by atoms with van der Waals surface area (Å²) < 4.78 is 19.6. The average molecular weight is 288 g/mol. The molecule has 0 fully saturated rings. The van der Waals surface area contributed by atoms with Gasteiger partial charge in [-0.2, -0.15) is 0 Å². The van der Waals surface area contributed by atoms with Gasteiger partial charge in [-0.15, -0.1) is 0 Å². The molecule has 20 heavy (non-hydrogen) atoms. The highest BCUT2D eigenvalue weighted by Crippen LogP contribution is 2.31. The van der Waals surface area contributed by atoms with Gasteiger partial charge in [-0.25, -0.2) is 9.37 Å². The molecule has 0 saturated heterocycles. The third-order valence-electron chi connectivity index (χ3n) is 2.90. The summed E-state index contributed by atoms with van der Waals surface area (Å²) in [5.41, 5.74) is 7.84. The van der Waals surface area contributed by atoms with Gasteiger partial charge in [-0.3, -0.25) is 0 Å². The highest BCUT2D eigenvalue weighted by Gasteiger charge is 2.10. The minimum atomic E-state index is -0.275. The van der Waals surface area contributed by atoms with E-state index in [0.29, 0.717) is 28.7 Å². The van der Waals surface area contributed by atoms with Gasteiger partial charge in [-0.05, 0) is 54.6 Å². The standard InChI is InChI=1S/C15H13FN2OS/c16-11-9-10(7-8-17)5-6-14(11)20-15-18-12-3-1-2-4-13(12)19-15/h1-6,9H,7-8,17H2. The van der Waals surface area contributed by atoms with Crippen LogP contribution in [0, 0.1) is 5.82 Å². The van der Waals surface area contributed by atoms with Gasteiger partial charge in [0.2, 0.25) is 0 Å². The fourth-order valence-corrected chi connectivity index (χ4v) is 2.69. The van der Waals surface area contributed by atoms with Crippen LogP contribution in [0.3, 0.4) is 0 Å². The molecule has 0 saturated carbocycles. The van der Waals surface area contributed by atoms with Crippen molar-refractivity contribution in [2.45, 2.75) is 16.5 Å². The lowest BCUT2D eigenvalue weighted by molar-refractivity contribution is 0.488.